The van der Waals surface area contributed by atoms with Gasteiger partial charge >= 0.3 is 0 Å². The highest BCUT2D eigenvalue weighted by molar-refractivity contribution is 5.87. The van der Waals surface area contributed by atoms with E-state index in [1.807, 2.05) is 11.8 Å². The fourth-order valence-electron chi connectivity index (χ4n) is 1.83. The average Bonchev–Trinajstić information content (AvgIpc) is 2.33. The zero-order valence-electron chi connectivity index (χ0n) is 9.80. The molecule has 0 saturated carbocycles. The number of carbonyl (C=O) groups is 1. The number of nitrogen functional groups attached to an aromatic ring is 1. The van der Waals surface area contributed by atoms with Crippen molar-refractivity contribution in [1.29, 1.82) is 0 Å². The highest BCUT2D eigenvalue weighted by Crippen LogP contribution is 2.29. The Morgan fingerprint density at radius 3 is 3.06 bits per heavy atom. The Balaban J connectivity index is 2.36. The lowest BCUT2D eigenvalue weighted by molar-refractivity contribution is -0.122. The first-order chi connectivity index (χ1) is 8.15. The molecule has 1 aliphatic heterocycles. The van der Waals surface area contributed by atoms with Crippen LogP contribution in [-0.2, 0) is 4.79 Å². The lowest BCUT2D eigenvalue weighted by Gasteiger charge is -2.34. The van der Waals surface area contributed by atoms with Gasteiger partial charge in [0.15, 0.2) is 5.82 Å². The second-order valence-corrected chi connectivity index (χ2v) is 3.78. The zero-order valence-corrected chi connectivity index (χ0v) is 9.80. The predicted octanol–water partition coefficient (Wildman–Crippen LogP) is -0.608. The Bertz CT molecular complexity index is 437. The van der Waals surface area contributed by atoms with Gasteiger partial charge in [0.2, 0.25) is 11.8 Å². The van der Waals surface area contributed by atoms with Crippen molar-refractivity contribution in [2.75, 3.05) is 30.8 Å². The molecule has 1 unspecified atom stereocenters. The highest BCUT2D eigenvalue weighted by Gasteiger charge is 2.28. The summed E-state index contributed by atoms with van der Waals surface area (Å²) in [7, 11) is 1.49. The van der Waals surface area contributed by atoms with Crippen LogP contribution in [0.3, 0.4) is 0 Å². The standard InChI is InChI=1S/C10H15N5O2/c1-6-9(16)12-3-4-15(6)8-7(11)10(17-2)14-5-13-8/h5-6H,3-4,11H2,1-2H3,(H,12,16). The number of piperazine rings is 1. The quantitative estimate of drug-likeness (QED) is 0.713. The summed E-state index contributed by atoms with van der Waals surface area (Å²) in [6.45, 7) is 3.05. The van der Waals surface area contributed by atoms with Crippen molar-refractivity contribution in [2.24, 2.45) is 0 Å². The van der Waals surface area contributed by atoms with Gasteiger partial charge in [-0.3, -0.25) is 4.79 Å². The molecule has 1 amide bonds. The van der Waals surface area contributed by atoms with Gasteiger partial charge in [-0.1, -0.05) is 0 Å². The summed E-state index contributed by atoms with van der Waals surface area (Å²) in [5.74, 6) is 0.834. The Labute approximate surface area is 99.0 Å². The van der Waals surface area contributed by atoms with Crippen LogP contribution >= 0.6 is 0 Å². The molecule has 0 aromatic carbocycles. The molecular formula is C10H15N5O2. The molecule has 1 fully saturated rings. The summed E-state index contributed by atoms with van der Waals surface area (Å²) in [5, 5.41) is 2.78. The number of nitrogens with one attached hydrogen (secondary N) is 1. The summed E-state index contributed by atoms with van der Waals surface area (Å²) < 4.78 is 5.04. The fraction of sp³-hybridized carbons (Fsp3) is 0.500. The highest BCUT2D eigenvalue weighted by atomic mass is 16.5. The van der Waals surface area contributed by atoms with Gasteiger partial charge in [0.1, 0.15) is 18.1 Å². The van der Waals surface area contributed by atoms with Gasteiger partial charge in [-0.05, 0) is 6.92 Å². The van der Waals surface area contributed by atoms with Gasteiger partial charge in [0.05, 0.1) is 7.11 Å². The molecular weight excluding hydrogens is 222 g/mol. The van der Waals surface area contributed by atoms with Gasteiger partial charge in [-0.15, -0.1) is 0 Å². The van der Waals surface area contributed by atoms with Crippen molar-refractivity contribution in [3.05, 3.63) is 6.33 Å². The van der Waals surface area contributed by atoms with Crippen molar-refractivity contribution < 1.29 is 9.53 Å². The summed E-state index contributed by atoms with van der Waals surface area (Å²) >= 11 is 0. The third-order valence-electron chi connectivity index (χ3n) is 2.79. The number of rotatable bonds is 2. The van der Waals surface area contributed by atoms with E-state index in [0.717, 1.165) is 0 Å². The number of hydrogen-bond acceptors (Lipinski definition) is 6. The van der Waals surface area contributed by atoms with Crippen LogP contribution in [0.15, 0.2) is 6.33 Å². The maximum absolute atomic E-state index is 11.6. The van der Waals surface area contributed by atoms with Gasteiger partial charge in [0, 0.05) is 13.1 Å². The number of aromatic nitrogens is 2. The first-order valence-corrected chi connectivity index (χ1v) is 5.34. The molecule has 2 rings (SSSR count). The van der Waals surface area contributed by atoms with Crippen LogP contribution in [0.2, 0.25) is 0 Å². The van der Waals surface area contributed by atoms with E-state index >= 15 is 0 Å². The average molecular weight is 237 g/mol. The molecule has 17 heavy (non-hydrogen) atoms. The minimum atomic E-state index is -0.300. The van der Waals surface area contributed by atoms with Crippen molar-refractivity contribution in [1.82, 2.24) is 15.3 Å². The van der Waals surface area contributed by atoms with Gasteiger partial charge in [0.25, 0.3) is 0 Å². The number of amides is 1. The molecule has 1 aromatic rings. The van der Waals surface area contributed by atoms with Crippen LogP contribution in [0.4, 0.5) is 11.5 Å². The van der Waals surface area contributed by atoms with E-state index in [-0.39, 0.29) is 11.9 Å². The summed E-state index contributed by atoms with van der Waals surface area (Å²) in [5.41, 5.74) is 6.27. The predicted molar refractivity (Wildman–Crippen MR) is 62.8 cm³/mol. The number of nitrogens with two attached hydrogens (primary N) is 1. The monoisotopic (exact) mass is 237 g/mol. The third kappa shape index (κ3) is 1.95. The molecule has 7 nitrogen and oxygen atoms in total. The first-order valence-electron chi connectivity index (χ1n) is 5.34. The van der Waals surface area contributed by atoms with E-state index in [1.54, 1.807) is 0 Å². The molecule has 1 saturated heterocycles. The first kappa shape index (κ1) is 11.4. The Kier molecular flexibility index (Phi) is 2.99. The molecule has 0 spiro atoms. The zero-order chi connectivity index (χ0) is 12.4. The minimum absolute atomic E-state index is 0.0340. The molecule has 0 radical (unpaired) electrons. The van der Waals surface area contributed by atoms with E-state index in [0.29, 0.717) is 30.5 Å². The second-order valence-electron chi connectivity index (χ2n) is 3.78. The maximum atomic E-state index is 11.6. The van der Waals surface area contributed by atoms with Crippen LogP contribution < -0.4 is 20.7 Å². The molecule has 0 bridgehead atoms. The third-order valence-corrected chi connectivity index (χ3v) is 2.79. The number of hydrogen-bond donors (Lipinski definition) is 2. The Morgan fingerprint density at radius 1 is 1.59 bits per heavy atom. The molecule has 92 valence electrons. The van der Waals surface area contributed by atoms with E-state index in [4.69, 9.17) is 10.5 Å². The molecule has 7 heteroatoms. The summed E-state index contributed by atoms with van der Waals surface area (Å²) in [4.78, 5) is 21.5. The van der Waals surface area contributed by atoms with E-state index in [1.165, 1.54) is 13.4 Å². The van der Waals surface area contributed by atoms with Crippen LogP contribution in [0.25, 0.3) is 0 Å². The summed E-state index contributed by atoms with van der Waals surface area (Å²) in [6, 6.07) is -0.300. The van der Waals surface area contributed by atoms with Gasteiger partial charge < -0.3 is 20.7 Å². The van der Waals surface area contributed by atoms with Crippen LogP contribution in [0, 0.1) is 0 Å². The number of nitrogens with zero attached hydrogens (tertiary/aromatic N) is 3. The topological polar surface area (TPSA) is 93.4 Å². The van der Waals surface area contributed by atoms with Crippen LogP contribution in [-0.4, -0.2) is 42.1 Å². The maximum Gasteiger partial charge on any atom is 0.242 e. The summed E-state index contributed by atoms with van der Waals surface area (Å²) in [6.07, 6.45) is 1.38. The normalized spacial score (nSPS) is 20.0. The number of anilines is 2. The molecule has 2 heterocycles. The van der Waals surface area contributed by atoms with E-state index in [9.17, 15) is 4.79 Å². The minimum Gasteiger partial charge on any atom is -0.479 e. The van der Waals surface area contributed by atoms with Crippen molar-refractivity contribution in [3.8, 4) is 5.88 Å². The van der Waals surface area contributed by atoms with Crippen LogP contribution in [0.1, 0.15) is 6.92 Å². The van der Waals surface area contributed by atoms with Crippen molar-refractivity contribution in [3.63, 3.8) is 0 Å². The van der Waals surface area contributed by atoms with Crippen molar-refractivity contribution in [2.45, 2.75) is 13.0 Å². The lowest BCUT2D eigenvalue weighted by atomic mass is 10.2. The second kappa shape index (κ2) is 4.44. The molecule has 1 atom stereocenters. The van der Waals surface area contributed by atoms with E-state index in [2.05, 4.69) is 15.3 Å². The molecule has 0 aliphatic carbocycles. The SMILES string of the molecule is COc1ncnc(N2CCNC(=O)C2C)c1N. The molecule has 1 aliphatic rings. The van der Waals surface area contributed by atoms with Gasteiger partial charge in [-0.25, -0.2) is 4.98 Å². The lowest BCUT2D eigenvalue weighted by Crippen LogP contribution is -2.54. The largest absolute Gasteiger partial charge is 0.479 e. The fourth-order valence-corrected chi connectivity index (χ4v) is 1.83. The molecule has 3 N–H and O–H groups in total. The number of methoxy groups -OCH3 is 1. The Hall–Kier alpha value is -2.05. The van der Waals surface area contributed by atoms with Gasteiger partial charge in [-0.2, -0.15) is 4.98 Å². The van der Waals surface area contributed by atoms with Crippen LogP contribution in [0.5, 0.6) is 5.88 Å². The Morgan fingerprint density at radius 2 is 2.35 bits per heavy atom. The number of carbonyl (C=O) groups excluding carboxylic acids is 1. The van der Waals surface area contributed by atoms with E-state index < -0.39 is 0 Å². The number of ether oxygens (including phenoxy) is 1. The molecule has 1 aromatic heterocycles. The smallest absolute Gasteiger partial charge is 0.242 e. The van der Waals surface area contributed by atoms with Crippen molar-refractivity contribution >= 4 is 17.4 Å².